The zero-order valence-electron chi connectivity index (χ0n) is 14.6. The molecule has 4 aromatic rings. The molecule has 0 saturated carbocycles. The van der Waals surface area contributed by atoms with E-state index in [1.54, 1.807) is 24.3 Å². The minimum absolute atomic E-state index is 0.151. The number of nitrogens with zero attached hydrogens (tertiary/aromatic N) is 1. The molecule has 1 heterocycles. The lowest BCUT2D eigenvalue weighted by Gasteiger charge is -2.07. The first kappa shape index (κ1) is 17.3. The summed E-state index contributed by atoms with van der Waals surface area (Å²) < 4.78 is 0. The van der Waals surface area contributed by atoms with Crippen molar-refractivity contribution in [2.75, 3.05) is 5.32 Å². The van der Waals surface area contributed by atoms with E-state index in [2.05, 4.69) is 15.3 Å². The molecule has 0 saturated heterocycles. The highest BCUT2D eigenvalue weighted by molar-refractivity contribution is 6.30. The molecular formula is C22H18ClN3O. The maximum Gasteiger partial charge on any atom is 0.255 e. The van der Waals surface area contributed by atoms with Gasteiger partial charge in [0, 0.05) is 22.7 Å². The van der Waals surface area contributed by atoms with Crippen molar-refractivity contribution in [1.82, 2.24) is 9.97 Å². The standard InChI is InChI=1S/C22H18ClN3O/c23-17-10-8-16(9-11-17)22(27)24-18-12-5-15(6-13-18)7-14-21-25-19-3-1-2-4-20(19)26-21/h1-6,8-13H,7,14H2,(H,24,27)(H,25,26). The SMILES string of the molecule is O=C(Nc1ccc(CCc2nc3ccccc3[nH]2)cc1)c1ccc(Cl)cc1. The van der Waals surface area contributed by atoms with Gasteiger partial charge >= 0.3 is 0 Å². The van der Waals surface area contributed by atoms with Gasteiger partial charge in [-0.05, 0) is 60.5 Å². The summed E-state index contributed by atoms with van der Waals surface area (Å²) in [7, 11) is 0. The summed E-state index contributed by atoms with van der Waals surface area (Å²) in [6.45, 7) is 0. The maximum atomic E-state index is 12.2. The van der Waals surface area contributed by atoms with Gasteiger partial charge in [0.05, 0.1) is 11.0 Å². The molecule has 1 aromatic heterocycles. The van der Waals surface area contributed by atoms with Crippen LogP contribution in [0.5, 0.6) is 0 Å². The van der Waals surface area contributed by atoms with Crippen molar-refractivity contribution in [1.29, 1.82) is 0 Å². The second-order valence-corrected chi connectivity index (χ2v) is 6.80. The number of hydrogen-bond donors (Lipinski definition) is 2. The molecule has 2 N–H and O–H groups in total. The number of aryl methyl sites for hydroxylation is 2. The molecule has 0 aliphatic heterocycles. The predicted molar refractivity (Wildman–Crippen MR) is 109 cm³/mol. The van der Waals surface area contributed by atoms with Crippen molar-refractivity contribution in [3.8, 4) is 0 Å². The molecule has 4 nitrogen and oxygen atoms in total. The average Bonchev–Trinajstić information content (AvgIpc) is 3.11. The Bertz CT molecular complexity index is 1040. The van der Waals surface area contributed by atoms with Gasteiger partial charge in [0.2, 0.25) is 0 Å². The van der Waals surface area contributed by atoms with Gasteiger partial charge in [-0.3, -0.25) is 4.79 Å². The van der Waals surface area contributed by atoms with Crippen molar-refractivity contribution in [2.24, 2.45) is 0 Å². The van der Waals surface area contributed by atoms with Crippen molar-refractivity contribution >= 4 is 34.2 Å². The summed E-state index contributed by atoms with van der Waals surface area (Å²) in [6, 6.07) is 22.8. The summed E-state index contributed by atoms with van der Waals surface area (Å²) in [5, 5.41) is 3.51. The van der Waals surface area contributed by atoms with E-state index in [1.165, 1.54) is 5.56 Å². The smallest absolute Gasteiger partial charge is 0.255 e. The van der Waals surface area contributed by atoms with E-state index in [1.807, 2.05) is 48.5 Å². The van der Waals surface area contributed by atoms with Crippen molar-refractivity contribution in [3.63, 3.8) is 0 Å². The molecule has 0 aliphatic carbocycles. The van der Waals surface area contributed by atoms with Crippen LogP contribution < -0.4 is 5.32 Å². The molecule has 0 bridgehead atoms. The number of imidazole rings is 1. The number of fused-ring (bicyclic) bond motifs is 1. The number of benzene rings is 3. The summed E-state index contributed by atoms with van der Waals surface area (Å²) in [5.41, 5.74) is 4.59. The molecule has 0 unspecified atom stereocenters. The largest absolute Gasteiger partial charge is 0.342 e. The third-order valence-corrected chi connectivity index (χ3v) is 4.66. The third kappa shape index (κ3) is 4.18. The van der Waals surface area contributed by atoms with E-state index in [-0.39, 0.29) is 5.91 Å². The lowest BCUT2D eigenvalue weighted by atomic mass is 10.1. The molecule has 0 spiro atoms. The van der Waals surface area contributed by atoms with Crippen LogP contribution in [0, 0.1) is 0 Å². The molecule has 5 heteroatoms. The second-order valence-electron chi connectivity index (χ2n) is 6.36. The maximum absolute atomic E-state index is 12.2. The molecule has 27 heavy (non-hydrogen) atoms. The zero-order chi connectivity index (χ0) is 18.6. The third-order valence-electron chi connectivity index (χ3n) is 4.41. The minimum Gasteiger partial charge on any atom is -0.342 e. The highest BCUT2D eigenvalue weighted by atomic mass is 35.5. The second kappa shape index (κ2) is 7.64. The van der Waals surface area contributed by atoms with Crippen LogP contribution in [-0.4, -0.2) is 15.9 Å². The van der Waals surface area contributed by atoms with Crippen molar-refractivity contribution in [3.05, 3.63) is 94.8 Å². The Kier molecular flexibility index (Phi) is 4.90. The van der Waals surface area contributed by atoms with Crippen LogP contribution in [0.1, 0.15) is 21.7 Å². The molecule has 0 radical (unpaired) electrons. The molecule has 3 aromatic carbocycles. The van der Waals surface area contributed by atoms with Gasteiger partial charge < -0.3 is 10.3 Å². The number of para-hydroxylation sites is 2. The quantitative estimate of drug-likeness (QED) is 0.500. The number of hydrogen-bond acceptors (Lipinski definition) is 2. The van der Waals surface area contributed by atoms with Gasteiger partial charge in [0.1, 0.15) is 5.82 Å². The van der Waals surface area contributed by atoms with Crippen LogP contribution in [0.2, 0.25) is 5.02 Å². The molecule has 0 aliphatic rings. The van der Waals surface area contributed by atoms with Crippen LogP contribution in [0.3, 0.4) is 0 Å². The fraction of sp³-hybridized carbons (Fsp3) is 0.0909. The van der Waals surface area contributed by atoms with Crippen molar-refractivity contribution in [2.45, 2.75) is 12.8 Å². The number of anilines is 1. The Morgan fingerprint density at radius 1 is 0.926 bits per heavy atom. The molecule has 0 atom stereocenters. The number of rotatable bonds is 5. The molecular weight excluding hydrogens is 358 g/mol. The summed E-state index contributed by atoms with van der Waals surface area (Å²) in [5.74, 6) is 0.831. The molecule has 0 fully saturated rings. The Balaban J connectivity index is 1.37. The van der Waals surface area contributed by atoms with E-state index in [0.29, 0.717) is 10.6 Å². The van der Waals surface area contributed by atoms with Gasteiger partial charge in [0.25, 0.3) is 5.91 Å². The van der Waals surface area contributed by atoms with Crippen LogP contribution in [-0.2, 0) is 12.8 Å². The molecule has 134 valence electrons. The lowest BCUT2D eigenvalue weighted by Crippen LogP contribution is -2.11. The van der Waals surface area contributed by atoms with Gasteiger partial charge in [-0.2, -0.15) is 0 Å². The van der Waals surface area contributed by atoms with E-state index in [4.69, 9.17) is 11.6 Å². The van der Waals surface area contributed by atoms with E-state index in [9.17, 15) is 4.79 Å². The average molecular weight is 376 g/mol. The number of halogens is 1. The normalized spacial score (nSPS) is 10.9. The number of carbonyl (C=O) groups is 1. The molecule has 1 amide bonds. The first-order chi connectivity index (χ1) is 13.2. The number of aromatic amines is 1. The number of nitrogens with one attached hydrogen (secondary N) is 2. The molecule has 4 rings (SSSR count). The fourth-order valence-corrected chi connectivity index (χ4v) is 3.07. The number of H-pyrrole nitrogens is 1. The predicted octanol–water partition coefficient (Wildman–Crippen LogP) is 5.25. The van der Waals surface area contributed by atoms with Gasteiger partial charge in [0.15, 0.2) is 0 Å². The lowest BCUT2D eigenvalue weighted by molar-refractivity contribution is 0.102. The minimum atomic E-state index is -0.151. The van der Waals surface area contributed by atoms with Crippen molar-refractivity contribution < 1.29 is 4.79 Å². The van der Waals surface area contributed by atoms with Crippen LogP contribution in [0.4, 0.5) is 5.69 Å². The van der Waals surface area contributed by atoms with Crippen LogP contribution >= 0.6 is 11.6 Å². The van der Waals surface area contributed by atoms with Gasteiger partial charge in [-0.15, -0.1) is 0 Å². The zero-order valence-corrected chi connectivity index (χ0v) is 15.3. The number of aromatic nitrogens is 2. The Morgan fingerprint density at radius 2 is 1.67 bits per heavy atom. The highest BCUT2D eigenvalue weighted by Gasteiger charge is 2.06. The van der Waals surface area contributed by atoms with E-state index in [0.717, 1.165) is 35.4 Å². The summed E-state index contributed by atoms with van der Waals surface area (Å²) in [6.07, 6.45) is 1.72. The fourth-order valence-electron chi connectivity index (χ4n) is 2.95. The summed E-state index contributed by atoms with van der Waals surface area (Å²) >= 11 is 5.85. The van der Waals surface area contributed by atoms with Crippen LogP contribution in [0.25, 0.3) is 11.0 Å². The van der Waals surface area contributed by atoms with Gasteiger partial charge in [-0.25, -0.2) is 4.98 Å². The van der Waals surface area contributed by atoms with Gasteiger partial charge in [-0.1, -0.05) is 35.9 Å². The first-order valence-electron chi connectivity index (χ1n) is 8.77. The van der Waals surface area contributed by atoms with E-state index < -0.39 is 0 Å². The topological polar surface area (TPSA) is 57.8 Å². The first-order valence-corrected chi connectivity index (χ1v) is 9.15. The van der Waals surface area contributed by atoms with Crippen LogP contribution in [0.15, 0.2) is 72.8 Å². The highest BCUT2D eigenvalue weighted by Crippen LogP contribution is 2.16. The monoisotopic (exact) mass is 375 g/mol. The Morgan fingerprint density at radius 3 is 2.41 bits per heavy atom. The Labute approximate surface area is 162 Å². The number of carbonyl (C=O) groups excluding carboxylic acids is 1. The number of amides is 1. The Hall–Kier alpha value is -3.11. The van der Waals surface area contributed by atoms with E-state index >= 15 is 0 Å². The summed E-state index contributed by atoms with van der Waals surface area (Å²) in [4.78, 5) is 20.2.